The van der Waals surface area contributed by atoms with Crippen LogP contribution in [0.2, 0.25) is 5.02 Å². The summed E-state index contributed by atoms with van der Waals surface area (Å²) < 4.78 is 59.1. The molecule has 0 fully saturated rings. The maximum absolute atomic E-state index is 13.5. The number of carboxylic acids is 1. The lowest BCUT2D eigenvalue weighted by molar-refractivity contribution is -0.138. The van der Waals surface area contributed by atoms with Gasteiger partial charge < -0.3 is 14.7 Å². The van der Waals surface area contributed by atoms with Gasteiger partial charge in [-0.1, -0.05) is 29.8 Å². The molecule has 5 nitrogen and oxygen atoms in total. The number of nitrogens with zero attached hydrogens (tertiary/aromatic N) is 1. The Bertz CT molecular complexity index is 1380. The summed E-state index contributed by atoms with van der Waals surface area (Å²) in [5.41, 5.74) is 0.504. The standard InChI is InChI=1S/C28H24ClF4NO4/c1-27(14-17-5-7-23(30)22(29)12-17)15-20-13-19(6-8-24(20)38-27)26(37)34(10-9-25(35)36)16-18-3-2-4-21(11-18)28(31,32)33/h2-8,11-13H,9-10,14-16H2,1H3,(H,35,36)/t27-/m0/s1. The lowest BCUT2D eigenvalue weighted by atomic mass is 9.91. The summed E-state index contributed by atoms with van der Waals surface area (Å²) in [6, 6.07) is 13.9. The third-order valence-corrected chi connectivity index (χ3v) is 6.59. The van der Waals surface area contributed by atoms with Crippen LogP contribution >= 0.6 is 11.6 Å². The second-order valence-electron chi connectivity index (χ2n) is 9.55. The summed E-state index contributed by atoms with van der Waals surface area (Å²) in [7, 11) is 0. The number of carbonyl (C=O) groups excluding carboxylic acids is 1. The molecular formula is C28H24ClF4NO4. The van der Waals surface area contributed by atoms with Crippen molar-refractivity contribution in [3.63, 3.8) is 0 Å². The predicted octanol–water partition coefficient (Wildman–Crippen LogP) is 6.55. The highest BCUT2D eigenvalue weighted by Gasteiger charge is 2.36. The number of alkyl halides is 3. The molecule has 38 heavy (non-hydrogen) atoms. The molecule has 1 atom stereocenters. The molecule has 1 aliphatic heterocycles. The highest BCUT2D eigenvalue weighted by molar-refractivity contribution is 6.30. The summed E-state index contributed by atoms with van der Waals surface area (Å²) in [6.45, 7) is 1.52. The Balaban J connectivity index is 1.54. The molecule has 1 N–H and O–H groups in total. The molecule has 200 valence electrons. The van der Waals surface area contributed by atoms with Gasteiger partial charge in [0.15, 0.2) is 0 Å². The Morgan fingerprint density at radius 3 is 2.53 bits per heavy atom. The molecule has 10 heteroatoms. The number of carbonyl (C=O) groups is 2. The number of ether oxygens (including phenoxy) is 1. The topological polar surface area (TPSA) is 66.8 Å². The van der Waals surface area contributed by atoms with E-state index < -0.39 is 35.0 Å². The Hall–Kier alpha value is -3.59. The van der Waals surface area contributed by atoms with Crippen LogP contribution in [0.1, 0.15) is 46.0 Å². The molecule has 0 unspecified atom stereocenters. The highest BCUT2D eigenvalue weighted by Crippen LogP contribution is 2.38. The molecule has 0 saturated heterocycles. The zero-order valence-corrected chi connectivity index (χ0v) is 21.1. The number of fused-ring (bicyclic) bond motifs is 1. The van der Waals surface area contributed by atoms with E-state index >= 15 is 0 Å². The molecule has 0 saturated carbocycles. The fourth-order valence-corrected chi connectivity index (χ4v) is 4.77. The molecule has 0 spiro atoms. The number of rotatable bonds is 8. The van der Waals surface area contributed by atoms with Crippen LogP contribution in [0.25, 0.3) is 0 Å². The number of carboxylic acid groups (broad SMARTS) is 1. The van der Waals surface area contributed by atoms with Crippen LogP contribution < -0.4 is 4.74 Å². The molecule has 0 aromatic heterocycles. The first-order valence-corrected chi connectivity index (χ1v) is 12.1. The smallest absolute Gasteiger partial charge is 0.416 e. The summed E-state index contributed by atoms with van der Waals surface area (Å²) in [6.07, 6.45) is -4.03. The highest BCUT2D eigenvalue weighted by atomic mass is 35.5. The summed E-state index contributed by atoms with van der Waals surface area (Å²) in [4.78, 5) is 25.8. The van der Waals surface area contributed by atoms with Gasteiger partial charge in [-0.05, 0) is 66.1 Å². The molecule has 3 aromatic carbocycles. The Morgan fingerprint density at radius 2 is 1.84 bits per heavy atom. The normalized spacial score (nSPS) is 16.6. The third kappa shape index (κ3) is 6.45. The Morgan fingerprint density at radius 1 is 1.08 bits per heavy atom. The number of benzene rings is 3. The zero-order chi connectivity index (χ0) is 27.7. The number of halogens is 5. The van der Waals surface area contributed by atoms with Gasteiger partial charge in [0.1, 0.15) is 17.2 Å². The second kappa shape index (κ2) is 10.6. The molecule has 0 radical (unpaired) electrons. The molecular weight excluding hydrogens is 526 g/mol. The summed E-state index contributed by atoms with van der Waals surface area (Å²) >= 11 is 5.90. The van der Waals surface area contributed by atoms with Crippen molar-refractivity contribution in [3.8, 4) is 5.75 Å². The first kappa shape index (κ1) is 27.4. The molecule has 1 aliphatic rings. The van der Waals surface area contributed by atoms with Crippen LogP contribution in [0, 0.1) is 5.82 Å². The van der Waals surface area contributed by atoms with Crippen molar-refractivity contribution in [2.75, 3.05) is 6.54 Å². The number of amides is 1. The van der Waals surface area contributed by atoms with Gasteiger partial charge in [-0.2, -0.15) is 13.2 Å². The minimum absolute atomic E-state index is 0.0108. The van der Waals surface area contributed by atoms with Crippen LogP contribution in [0.15, 0.2) is 60.7 Å². The van der Waals surface area contributed by atoms with Crippen LogP contribution in [0.3, 0.4) is 0 Å². The van der Waals surface area contributed by atoms with Crippen molar-refractivity contribution in [1.82, 2.24) is 4.90 Å². The lowest BCUT2D eigenvalue weighted by Crippen LogP contribution is -2.33. The number of hydrogen-bond acceptors (Lipinski definition) is 3. The predicted molar refractivity (Wildman–Crippen MR) is 133 cm³/mol. The lowest BCUT2D eigenvalue weighted by Gasteiger charge is -2.24. The Labute approximate surface area is 221 Å². The zero-order valence-electron chi connectivity index (χ0n) is 20.3. The van der Waals surface area contributed by atoms with E-state index in [-0.39, 0.29) is 35.7 Å². The van der Waals surface area contributed by atoms with Gasteiger partial charge in [-0.25, -0.2) is 4.39 Å². The maximum atomic E-state index is 13.5. The van der Waals surface area contributed by atoms with Gasteiger partial charge in [0.05, 0.1) is 17.0 Å². The average Bonchev–Trinajstić information content (AvgIpc) is 3.18. The van der Waals surface area contributed by atoms with E-state index in [2.05, 4.69) is 0 Å². The molecule has 0 aliphatic carbocycles. The minimum atomic E-state index is -4.54. The first-order valence-electron chi connectivity index (χ1n) is 11.8. The van der Waals surface area contributed by atoms with E-state index in [0.717, 1.165) is 23.3 Å². The van der Waals surface area contributed by atoms with Crippen LogP contribution in [-0.4, -0.2) is 34.0 Å². The van der Waals surface area contributed by atoms with E-state index in [1.807, 2.05) is 6.92 Å². The van der Waals surface area contributed by atoms with Gasteiger partial charge in [-0.3, -0.25) is 9.59 Å². The average molecular weight is 550 g/mol. The summed E-state index contributed by atoms with van der Waals surface area (Å²) in [5, 5.41) is 9.15. The second-order valence-corrected chi connectivity index (χ2v) is 9.95. The van der Waals surface area contributed by atoms with E-state index in [1.165, 1.54) is 29.2 Å². The van der Waals surface area contributed by atoms with Crippen molar-refractivity contribution >= 4 is 23.5 Å². The SMILES string of the molecule is C[C@]1(Cc2ccc(F)c(Cl)c2)Cc2cc(C(=O)N(CCC(=O)O)Cc3cccc(C(F)(F)F)c3)ccc2O1. The quantitative estimate of drug-likeness (QED) is 0.324. The van der Waals surface area contributed by atoms with Crippen LogP contribution in [0.5, 0.6) is 5.75 Å². The number of hydrogen-bond donors (Lipinski definition) is 1. The Kier molecular flexibility index (Phi) is 7.69. The van der Waals surface area contributed by atoms with Crippen LogP contribution in [0.4, 0.5) is 17.6 Å². The minimum Gasteiger partial charge on any atom is -0.487 e. The summed E-state index contributed by atoms with van der Waals surface area (Å²) in [5.74, 6) is -1.58. The van der Waals surface area contributed by atoms with Gasteiger partial charge in [-0.15, -0.1) is 0 Å². The van der Waals surface area contributed by atoms with E-state index in [1.54, 1.807) is 24.3 Å². The van der Waals surface area contributed by atoms with Gasteiger partial charge in [0.2, 0.25) is 0 Å². The maximum Gasteiger partial charge on any atom is 0.416 e. The molecule has 0 bridgehead atoms. The first-order chi connectivity index (χ1) is 17.8. The van der Waals surface area contributed by atoms with E-state index in [4.69, 9.17) is 21.4 Å². The van der Waals surface area contributed by atoms with Crippen molar-refractivity contribution < 1.29 is 37.0 Å². The van der Waals surface area contributed by atoms with Gasteiger partial charge in [0, 0.05) is 31.5 Å². The van der Waals surface area contributed by atoms with Crippen molar-refractivity contribution in [2.24, 2.45) is 0 Å². The monoisotopic (exact) mass is 549 g/mol. The molecule has 3 aromatic rings. The fourth-order valence-electron chi connectivity index (χ4n) is 4.57. The van der Waals surface area contributed by atoms with E-state index in [0.29, 0.717) is 18.6 Å². The number of aliphatic carboxylic acids is 1. The fraction of sp³-hybridized carbons (Fsp3) is 0.286. The largest absolute Gasteiger partial charge is 0.487 e. The molecule has 1 amide bonds. The van der Waals surface area contributed by atoms with E-state index in [9.17, 15) is 27.2 Å². The van der Waals surface area contributed by atoms with Crippen LogP contribution in [-0.2, 0) is 30.4 Å². The molecule has 1 heterocycles. The van der Waals surface area contributed by atoms with Crippen molar-refractivity contribution in [3.05, 3.63) is 99.3 Å². The third-order valence-electron chi connectivity index (χ3n) is 6.30. The van der Waals surface area contributed by atoms with Crippen molar-refractivity contribution in [2.45, 2.75) is 44.5 Å². The molecule has 4 rings (SSSR count). The van der Waals surface area contributed by atoms with Gasteiger partial charge in [0.25, 0.3) is 5.91 Å². The van der Waals surface area contributed by atoms with Crippen molar-refractivity contribution in [1.29, 1.82) is 0 Å². The van der Waals surface area contributed by atoms with Gasteiger partial charge >= 0.3 is 12.1 Å².